The first kappa shape index (κ1) is 16.0. The van der Waals surface area contributed by atoms with Crippen molar-refractivity contribution in [3.8, 4) is 0 Å². The van der Waals surface area contributed by atoms with Crippen molar-refractivity contribution in [3.05, 3.63) is 0 Å². The second-order valence-electron chi connectivity index (χ2n) is 6.27. The van der Waals surface area contributed by atoms with Gasteiger partial charge >= 0.3 is 0 Å². The van der Waals surface area contributed by atoms with Crippen LogP contribution in [0, 0.1) is 23.7 Å². The summed E-state index contributed by atoms with van der Waals surface area (Å²) in [6.45, 7) is 14.2. The van der Waals surface area contributed by atoms with Crippen LogP contribution in [-0.2, 0) is 0 Å². The Morgan fingerprint density at radius 3 is 1.81 bits per heavy atom. The van der Waals surface area contributed by atoms with E-state index in [0.29, 0.717) is 0 Å². The predicted molar refractivity (Wildman–Crippen MR) is 75.7 cm³/mol. The Morgan fingerprint density at radius 2 is 1.44 bits per heavy atom. The molecule has 0 aromatic heterocycles. The molecule has 0 aliphatic carbocycles. The topological polar surface area (TPSA) is 0 Å². The first-order valence-electron chi connectivity index (χ1n) is 7.51. The van der Waals surface area contributed by atoms with Crippen molar-refractivity contribution in [2.24, 2.45) is 23.7 Å². The molecule has 0 saturated heterocycles. The molecule has 0 fully saturated rings. The predicted octanol–water partition coefficient (Wildman–Crippen LogP) is 5.91. The number of rotatable bonds is 9. The highest BCUT2D eigenvalue weighted by molar-refractivity contribution is 4.68. The fraction of sp³-hybridized carbons (Fsp3) is 1.00. The highest BCUT2D eigenvalue weighted by Crippen LogP contribution is 2.28. The minimum Gasteiger partial charge on any atom is -0.0654 e. The lowest BCUT2D eigenvalue weighted by Gasteiger charge is -2.25. The standard InChI is InChI=1S/C16H34/c1-7-9-15(8-2)10-11-16(14(5)6)12-13(3)4/h13-16H,7-12H2,1-6H3. The van der Waals surface area contributed by atoms with E-state index in [-0.39, 0.29) is 0 Å². The Labute approximate surface area is 104 Å². The van der Waals surface area contributed by atoms with E-state index in [1.54, 1.807) is 0 Å². The van der Waals surface area contributed by atoms with Crippen molar-refractivity contribution in [2.45, 2.75) is 80.1 Å². The lowest BCUT2D eigenvalue weighted by molar-refractivity contribution is 0.266. The molecule has 0 aliphatic rings. The van der Waals surface area contributed by atoms with E-state index in [9.17, 15) is 0 Å². The third-order valence-electron chi connectivity index (χ3n) is 3.94. The van der Waals surface area contributed by atoms with Crippen LogP contribution in [0.15, 0.2) is 0 Å². The van der Waals surface area contributed by atoms with E-state index in [4.69, 9.17) is 0 Å². The molecule has 0 amide bonds. The zero-order chi connectivity index (χ0) is 12.6. The molecule has 0 aromatic rings. The highest BCUT2D eigenvalue weighted by Gasteiger charge is 2.16. The first-order valence-corrected chi connectivity index (χ1v) is 7.51. The van der Waals surface area contributed by atoms with Crippen LogP contribution >= 0.6 is 0 Å². The van der Waals surface area contributed by atoms with Crippen molar-refractivity contribution in [3.63, 3.8) is 0 Å². The fourth-order valence-corrected chi connectivity index (χ4v) is 2.74. The Kier molecular flexibility index (Phi) is 9.07. The van der Waals surface area contributed by atoms with Crippen LogP contribution in [0.3, 0.4) is 0 Å². The molecule has 0 heteroatoms. The van der Waals surface area contributed by atoms with Crippen LogP contribution in [-0.4, -0.2) is 0 Å². The van der Waals surface area contributed by atoms with Crippen molar-refractivity contribution in [1.82, 2.24) is 0 Å². The maximum atomic E-state index is 2.40. The van der Waals surface area contributed by atoms with Gasteiger partial charge in [-0.25, -0.2) is 0 Å². The van der Waals surface area contributed by atoms with Gasteiger partial charge in [-0.2, -0.15) is 0 Å². The largest absolute Gasteiger partial charge is 0.0654 e. The first-order chi connectivity index (χ1) is 7.51. The zero-order valence-corrected chi connectivity index (χ0v) is 12.6. The summed E-state index contributed by atoms with van der Waals surface area (Å²) in [5, 5.41) is 0. The molecule has 16 heavy (non-hydrogen) atoms. The monoisotopic (exact) mass is 226 g/mol. The molecular formula is C16H34. The van der Waals surface area contributed by atoms with Crippen LogP contribution in [0.1, 0.15) is 80.1 Å². The second kappa shape index (κ2) is 9.07. The SMILES string of the molecule is CCCC(CC)CCC(CC(C)C)C(C)C. The van der Waals surface area contributed by atoms with Gasteiger partial charge in [-0.3, -0.25) is 0 Å². The summed E-state index contributed by atoms with van der Waals surface area (Å²) in [4.78, 5) is 0. The van der Waals surface area contributed by atoms with E-state index in [1.165, 1.54) is 38.5 Å². The molecule has 0 spiro atoms. The maximum absolute atomic E-state index is 2.40. The molecule has 2 atom stereocenters. The van der Waals surface area contributed by atoms with Crippen molar-refractivity contribution < 1.29 is 0 Å². The molecule has 0 radical (unpaired) electrons. The maximum Gasteiger partial charge on any atom is -0.0389 e. The molecular weight excluding hydrogens is 192 g/mol. The lowest BCUT2D eigenvalue weighted by atomic mass is 9.81. The fourth-order valence-electron chi connectivity index (χ4n) is 2.74. The van der Waals surface area contributed by atoms with E-state index >= 15 is 0 Å². The van der Waals surface area contributed by atoms with E-state index in [0.717, 1.165) is 23.7 Å². The normalized spacial score (nSPS) is 15.8. The van der Waals surface area contributed by atoms with Gasteiger partial charge in [0.25, 0.3) is 0 Å². The molecule has 0 bridgehead atoms. The summed E-state index contributed by atoms with van der Waals surface area (Å²) in [5.74, 6) is 3.66. The van der Waals surface area contributed by atoms with Gasteiger partial charge in [0.1, 0.15) is 0 Å². The minimum atomic E-state index is 0.860. The van der Waals surface area contributed by atoms with Gasteiger partial charge in [-0.05, 0) is 36.5 Å². The van der Waals surface area contributed by atoms with Crippen LogP contribution in [0.4, 0.5) is 0 Å². The summed E-state index contributed by atoms with van der Waals surface area (Å²) >= 11 is 0. The van der Waals surface area contributed by atoms with Crippen molar-refractivity contribution >= 4 is 0 Å². The second-order valence-corrected chi connectivity index (χ2v) is 6.27. The number of hydrogen-bond donors (Lipinski definition) is 0. The Morgan fingerprint density at radius 1 is 0.812 bits per heavy atom. The van der Waals surface area contributed by atoms with E-state index < -0.39 is 0 Å². The summed E-state index contributed by atoms with van der Waals surface area (Å²) in [7, 11) is 0. The molecule has 0 aliphatic heterocycles. The Hall–Kier alpha value is 0. The molecule has 0 N–H and O–H groups in total. The lowest BCUT2D eigenvalue weighted by Crippen LogP contribution is -2.13. The van der Waals surface area contributed by atoms with Gasteiger partial charge in [0, 0.05) is 0 Å². The molecule has 0 rings (SSSR count). The van der Waals surface area contributed by atoms with Gasteiger partial charge in [0.05, 0.1) is 0 Å². The Balaban J connectivity index is 3.99. The van der Waals surface area contributed by atoms with Crippen LogP contribution < -0.4 is 0 Å². The third kappa shape index (κ3) is 7.30. The van der Waals surface area contributed by atoms with Gasteiger partial charge < -0.3 is 0 Å². The van der Waals surface area contributed by atoms with Crippen LogP contribution in [0.2, 0.25) is 0 Å². The molecule has 0 nitrogen and oxygen atoms in total. The van der Waals surface area contributed by atoms with E-state index in [1.807, 2.05) is 0 Å². The highest BCUT2D eigenvalue weighted by atomic mass is 14.2. The van der Waals surface area contributed by atoms with Gasteiger partial charge in [-0.1, -0.05) is 67.2 Å². The van der Waals surface area contributed by atoms with Crippen LogP contribution in [0.25, 0.3) is 0 Å². The van der Waals surface area contributed by atoms with Crippen LogP contribution in [0.5, 0.6) is 0 Å². The zero-order valence-electron chi connectivity index (χ0n) is 12.6. The molecule has 0 saturated carbocycles. The average molecular weight is 226 g/mol. The smallest absolute Gasteiger partial charge is 0.0389 e. The van der Waals surface area contributed by atoms with Crippen molar-refractivity contribution in [2.75, 3.05) is 0 Å². The molecule has 0 aromatic carbocycles. The Bertz CT molecular complexity index is 146. The quantitative estimate of drug-likeness (QED) is 0.458. The third-order valence-corrected chi connectivity index (χ3v) is 3.94. The summed E-state index contributed by atoms with van der Waals surface area (Å²) in [6, 6.07) is 0. The molecule has 0 heterocycles. The van der Waals surface area contributed by atoms with Gasteiger partial charge in [-0.15, -0.1) is 0 Å². The summed E-state index contributed by atoms with van der Waals surface area (Å²) in [5.41, 5.74) is 0. The average Bonchev–Trinajstić information content (AvgIpc) is 2.21. The summed E-state index contributed by atoms with van der Waals surface area (Å²) in [6.07, 6.45) is 8.49. The van der Waals surface area contributed by atoms with E-state index in [2.05, 4.69) is 41.5 Å². The number of hydrogen-bond acceptors (Lipinski definition) is 0. The summed E-state index contributed by atoms with van der Waals surface area (Å²) < 4.78 is 0. The van der Waals surface area contributed by atoms with Gasteiger partial charge in [0.15, 0.2) is 0 Å². The molecule has 2 unspecified atom stereocenters. The minimum absolute atomic E-state index is 0.860. The van der Waals surface area contributed by atoms with Crippen molar-refractivity contribution in [1.29, 1.82) is 0 Å². The molecule has 98 valence electrons. The van der Waals surface area contributed by atoms with Gasteiger partial charge in [0.2, 0.25) is 0 Å².